The molecule has 5 nitrogen and oxygen atoms in total. The van der Waals surface area contributed by atoms with E-state index in [0.29, 0.717) is 25.3 Å². The van der Waals surface area contributed by atoms with Gasteiger partial charge in [-0.15, -0.1) is 0 Å². The molecule has 1 aliphatic rings. The SMILES string of the molecule is COCCN(CC1CCCO1)C(=O)c1ccc(SSC)c2ncccc12. The van der Waals surface area contributed by atoms with Crippen LogP contribution in [0.25, 0.3) is 10.9 Å². The van der Waals surface area contributed by atoms with Gasteiger partial charge in [0, 0.05) is 48.8 Å². The maximum Gasteiger partial charge on any atom is 0.254 e. The van der Waals surface area contributed by atoms with Crippen LogP contribution >= 0.6 is 21.6 Å². The molecule has 1 fully saturated rings. The zero-order valence-electron chi connectivity index (χ0n) is 15.1. The number of rotatable bonds is 8. The van der Waals surface area contributed by atoms with Crippen molar-refractivity contribution in [1.82, 2.24) is 9.88 Å². The lowest BCUT2D eigenvalue weighted by atomic mass is 10.1. The Balaban J connectivity index is 1.91. The first-order valence-electron chi connectivity index (χ1n) is 8.72. The van der Waals surface area contributed by atoms with Crippen LogP contribution in [0.2, 0.25) is 0 Å². The molecule has 1 unspecified atom stereocenters. The smallest absolute Gasteiger partial charge is 0.254 e. The van der Waals surface area contributed by atoms with Crippen LogP contribution in [-0.4, -0.2) is 61.6 Å². The van der Waals surface area contributed by atoms with Gasteiger partial charge in [-0.3, -0.25) is 9.78 Å². The minimum atomic E-state index is 0.0104. The van der Waals surface area contributed by atoms with Crippen molar-refractivity contribution in [3.63, 3.8) is 0 Å². The lowest BCUT2D eigenvalue weighted by molar-refractivity contribution is 0.0457. The number of hydrogen-bond acceptors (Lipinski definition) is 6. The maximum atomic E-state index is 13.3. The van der Waals surface area contributed by atoms with E-state index in [1.807, 2.05) is 35.4 Å². The van der Waals surface area contributed by atoms with E-state index in [2.05, 4.69) is 4.98 Å². The Hall–Kier alpha value is -1.28. The van der Waals surface area contributed by atoms with E-state index in [4.69, 9.17) is 9.47 Å². The van der Waals surface area contributed by atoms with E-state index >= 15 is 0 Å². The third-order valence-electron chi connectivity index (χ3n) is 4.44. The molecular formula is C19H24N2O3S2. The molecule has 0 N–H and O–H groups in total. The van der Waals surface area contributed by atoms with Crippen molar-refractivity contribution in [3.05, 3.63) is 36.0 Å². The zero-order valence-corrected chi connectivity index (χ0v) is 16.8. The summed E-state index contributed by atoms with van der Waals surface area (Å²) in [6.45, 7) is 2.45. The highest BCUT2D eigenvalue weighted by molar-refractivity contribution is 8.76. The van der Waals surface area contributed by atoms with Crippen LogP contribution < -0.4 is 0 Å². The lowest BCUT2D eigenvalue weighted by Gasteiger charge is -2.26. The van der Waals surface area contributed by atoms with Crippen molar-refractivity contribution in [2.45, 2.75) is 23.8 Å². The molecular weight excluding hydrogens is 368 g/mol. The molecule has 0 bridgehead atoms. The molecule has 7 heteroatoms. The largest absolute Gasteiger partial charge is 0.383 e. The molecule has 0 saturated carbocycles. The molecule has 1 atom stereocenters. The third kappa shape index (κ3) is 4.52. The quantitative estimate of drug-likeness (QED) is 0.636. The van der Waals surface area contributed by atoms with Gasteiger partial charge >= 0.3 is 0 Å². The fraction of sp³-hybridized carbons (Fsp3) is 0.474. The van der Waals surface area contributed by atoms with Gasteiger partial charge in [0.2, 0.25) is 0 Å². The van der Waals surface area contributed by atoms with Crippen LogP contribution in [0.3, 0.4) is 0 Å². The summed E-state index contributed by atoms with van der Waals surface area (Å²) in [5.74, 6) is 0.0104. The number of carbonyl (C=O) groups is 1. The van der Waals surface area contributed by atoms with Gasteiger partial charge in [-0.05, 0) is 37.3 Å². The van der Waals surface area contributed by atoms with Crippen molar-refractivity contribution < 1.29 is 14.3 Å². The molecule has 1 aromatic carbocycles. The van der Waals surface area contributed by atoms with E-state index in [0.717, 1.165) is 35.2 Å². The second-order valence-corrected chi connectivity index (χ2v) is 8.58. The molecule has 1 amide bonds. The second-order valence-electron chi connectivity index (χ2n) is 6.14. The summed E-state index contributed by atoms with van der Waals surface area (Å²) in [4.78, 5) is 20.7. The molecule has 140 valence electrons. The van der Waals surface area contributed by atoms with Gasteiger partial charge in [-0.1, -0.05) is 27.7 Å². The molecule has 0 spiro atoms. The number of fused-ring (bicyclic) bond motifs is 1. The molecule has 1 aromatic heterocycles. The summed E-state index contributed by atoms with van der Waals surface area (Å²) in [6.07, 6.45) is 5.99. The van der Waals surface area contributed by atoms with Crippen LogP contribution in [0, 0.1) is 0 Å². The predicted octanol–water partition coefficient (Wildman–Crippen LogP) is 3.87. The Labute approximate surface area is 162 Å². The number of ether oxygens (including phenoxy) is 2. The number of nitrogens with zero attached hydrogens (tertiary/aromatic N) is 2. The number of aromatic nitrogens is 1. The van der Waals surface area contributed by atoms with Crippen LogP contribution in [0.15, 0.2) is 35.4 Å². The summed E-state index contributed by atoms with van der Waals surface area (Å²) in [7, 11) is 4.99. The summed E-state index contributed by atoms with van der Waals surface area (Å²) in [6, 6.07) is 7.76. The van der Waals surface area contributed by atoms with Crippen molar-refractivity contribution in [3.8, 4) is 0 Å². The predicted molar refractivity (Wildman–Crippen MR) is 108 cm³/mol. The first-order chi connectivity index (χ1) is 12.7. The normalized spacial score (nSPS) is 16.9. The molecule has 2 heterocycles. The lowest BCUT2D eigenvalue weighted by Crippen LogP contribution is -2.39. The topological polar surface area (TPSA) is 51.7 Å². The van der Waals surface area contributed by atoms with Gasteiger partial charge in [-0.25, -0.2) is 0 Å². The molecule has 0 aliphatic carbocycles. The van der Waals surface area contributed by atoms with Gasteiger partial charge in [0.15, 0.2) is 0 Å². The molecule has 1 aliphatic heterocycles. The van der Waals surface area contributed by atoms with Crippen molar-refractivity contribution in [1.29, 1.82) is 0 Å². The first kappa shape index (κ1) is 19.5. The number of amides is 1. The van der Waals surface area contributed by atoms with Gasteiger partial charge in [0.1, 0.15) is 0 Å². The van der Waals surface area contributed by atoms with E-state index in [1.165, 1.54) is 0 Å². The fourth-order valence-electron chi connectivity index (χ4n) is 3.17. The molecule has 1 saturated heterocycles. The minimum absolute atomic E-state index is 0.0104. The van der Waals surface area contributed by atoms with Gasteiger partial charge in [0.25, 0.3) is 5.91 Å². The standard InChI is InChI=1S/C19H24N2O3S2/c1-23-12-10-21(13-14-5-4-11-24-14)19(22)16-7-8-17(26-25-2)18-15(16)6-3-9-20-18/h3,6-9,14H,4-5,10-13H2,1-2H3. The number of benzene rings is 1. The van der Waals surface area contributed by atoms with Crippen molar-refractivity contribution in [2.24, 2.45) is 0 Å². The van der Waals surface area contributed by atoms with Gasteiger partial charge in [-0.2, -0.15) is 0 Å². The monoisotopic (exact) mass is 392 g/mol. The first-order valence-corrected chi connectivity index (χ1v) is 11.3. The fourth-order valence-corrected chi connectivity index (χ4v) is 4.66. The highest BCUT2D eigenvalue weighted by Crippen LogP contribution is 2.35. The summed E-state index contributed by atoms with van der Waals surface area (Å²) in [5, 5.41) is 0.895. The highest BCUT2D eigenvalue weighted by Gasteiger charge is 2.25. The van der Waals surface area contributed by atoms with E-state index in [9.17, 15) is 4.79 Å². The Morgan fingerprint density at radius 2 is 2.31 bits per heavy atom. The molecule has 26 heavy (non-hydrogen) atoms. The number of methoxy groups -OCH3 is 1. The van der Waals surface area contributed by atoms with Crippen LogP contribution in [-0.2, 0) is 9.47 Å². The average Bonchev–Trinajstić information content (AvgIpc) is 3.18. The van der Waals surface area contributed by atoms with Crippen molar-refractivity contribution >= 4 is 38.4 Å². The molecule has 2 aromatic rings. The minimum Gasteiger partial charge on any atom is -0.383 e. The highest BCUT2D eigenvalue weighted by atomic mass is 33.1. The number of carbonyl (C=O) groups excluding carboxylic acids is 1. The van der Waals surface area contributed by atoms with Crippen LogP contribution in [0.4, 0.5) is 0 Å². The van der Waals surface area contributed by atoms with Crippen LogP contribution in [0.1, 0.15) is 23.2 Å². The van der Waals surface area contributed by atoms with Gasteiger partial charge in [0.05, 0.1) is 18.2 Å². The maximum absolute atomic E-state index is 13.3. The van der Waals surface area contributed by atoms with Crippen LogP contribution in [0.5, 0.6) is 0 Å². The Morgan fingerprint density at radius 1 is 1.42 bits per heavy atom. The molecule has 0 radical (unpaired) electrons. The second kappa shape index (κ2) is 9.60. The Bertz CT molecular complexity index is 751. The van der Waals surface area contributed by atoms with Gasteiger partial charge < -0.3 is 14.4 Å². The van der Waals surface area contributed by atoms with E-state index < -0.39 is 0 Å². The Morgan fingerprint density at radius 3 is 3.04 bits per heavy atom. The summed E-state index contributed by atoms with van der Waals surface area (Å²) in [5.41, 5.74) is 1.56. The number of hydrogen-bond donors (Lipinski definition) is 0. The summed E-state index contributed by atoms with van der Waals surface area (Å²) >= 11 is 0. The zero-order chi connectivity index (χ0) is 18.4. The Kier molecular flexibility index (Phi) is 7.19. The third-order valence-corrected chi connectivity index (χ3v) is 6.15. The van der Waals surface area contributed by atoms with Crippen molar-refractivity contribution in [2.75, 3.05) is 39.7 Å². The number of pyridine rings is 1. The summed E-state index contributed by atoms with van der Waals surface area (Å²) < 4.78 is 10.9. The molecule has 3 rings (SSSR count). The average molecular weight is 393 g/mol. The van der Waals surface area contributed by atoms with E-state index in [1.54, 1.807) is 34.9 Å². The van der Waals surface area contributed by atoms with E-state index in [-0.39, 0.29) is 12.0 Å².